The topological polar surface area (TPSA) is 31.4 Å². The molecule has 0 saturated carbocycles. The number of hydrogen-bond acceptors (Lipinski definition) is 4. The molecule has 0 radical (unpaired) electrons. The number of pyridine rings is 1. The van der Waals surface area contributed by atoms with Crippen LogP contribution in [0.4, 0.5) is 20.3 Å². The largest absolute Gasteiger partial charge is 0.357 e. The van der Waals surface area contributed by atoms with Gasteiger partial charge in [-0.2, -0.15) is 0 Å². The number of hydrogen-bond donors (Lipinski definition) is 1. The summed E-state index contributed by atoms with van der Waals surface area (Å²) in [4.78, 5) is 9.21. The maximum absolute atomic E-state index is 14.2. The van der Waals surface area contributed by atoms with Gasteiger partial charge in [0.05, 0.1) is 11.2 Å². The third-order valence-corrected chi connectivity index (χ3v) is 6.68. The summed E-state index contributed by atoms with van der Waals surface area (Å²) in [5.74, 6) is 0.499. The van der Waals surface area contributed by atoms with Gasteiger partial charge in [0.2, 0.25) is 0 Å². The maximum atomic E-state index is 14.2. The van der Waals surface area contributed by atoms with Gasteiger partial charge < -0.3 is 10.2 Å². The van der Waals surface area contributed by atoms with E-state index in [1.807, 2.05) is 12.3 Å². The Labute approximate surface area is 196 Å². The van der Waals surface area contributed by atoms with Gasteiger partial charge in [-0.3, -0.25) is 4.90 Å². The van der Waals surface area contributed by atoms with E-state index in [0.29, 0.717) is 18.0 Å². The van der Waals surface area contributed by atoms with Crippen molar-refractivity contribution in [1.82, 2.24) is 9.88 Å². The summed E-state index contributed by atoms with van der Waals surface area (Å²) in [6, 6.07) is 7.90. The highest BCUT2D eigenvalue weighted by atomic mass is 19.1. The summed E-state index contributed by atoms with van der Waals surface area (Å²) in [5.41, 5.74) is 3.56. The molecule has 1 N–H and O–H groups in total. The van der Waals surface area contributed by atoms with E-state index in [2.05, 4.69) is 66.5 Å². The van der Waals surface area contributed by atoms with Gasteiger partial charge in [0.25, 0.3) is 0 Å². The van der Waals surface area contributed by atoms with E-state index in [9.17, 15) is 8.78 Å². The van der Waals surface area contributed by atoms with Crippen LogP contribution in [0.2, 0.25) is 0 Å². The summed E-state index contributed by atoms with van der Waals surface area (Å²) in [6.45, 7) is 15.2. The van der Waals surface area contributed by atoms with Crippen LogP contribution in [0.1, 0.15) is 46.1 Å². The van der Waals surface area contributed by atoms with Gasteiger partial charge in [-0.15, -0.1) is 0 Å². The number of allylic oxidation sites excluding steroid dienone is 2. The van der Waals surface area contributed by atoms with E-state index in [1.165, 1.54) is 11.8 Å². The molecule has 1 aromatic heterocycles. The minimum absolute atomic E-state index is 0.276. The molecule has 1 saturated heterocycles. The Hall–Kier alpha value is -2.73. The zero-order valence-electron chi connectivity index (χ0n) is 20.0. The van der Waals surface area contributed by atoms with Crippen LogP contribution in [-0.2, 0) is 6.54 Å². The van der Waals surface area contributed by atoms with E-state index in [0.717, 1.165) is 49.2 Å². The highest BCUT2D eigenvalue weighted by Gasteiger charge is 2.45. The summed E-state index contributed by atoms with van der Waals surface area (Å²) in [5, 5.41) is 3.78. The molecule has 3 heterocycles. The predicted molar refractivity (Wildman–Crippen MR) is 131 cm³/mol. The molecule has 0 aliphatic carbocycles. The van der Waals surface area contributed by atoms with Gasteiger partial charge >= 0.3 is 0 Å². The molecule has 4 nitrogen and oxygen atoms in total. The fourth-order valence-corrected chi connectivity index (χ4v) is 4.79. The first kappa shape index (κ1) is 23.4. The van der Waals surface area contributed by atoms with Gasteiger partial charge in [-0.1, -0.05) is 46.4 Å². The van der Waals surface area contributed by atoms with Crippen LogP contribution >= 0.6 is 0 Å². The third kappa shape index (κ3) is 4.67. The van der Waals surface area contributed by atoms with Crippen molar-refractivity contribution >= 4 is 11.5 Å². The Kier molecular flexibility index (Phi) is 6.57. The van der Waals surface area contributed by atoms with Crippen LogP contribution < -0.4 is 10.2 Å². The predicted octanol–water partition coefficient (Wildman–Crippen LogP) is 6.34. The fraction of sp³-hybridized carbons (Fsp3) is 0.444. The lowest BCUT2D eigenvalue weighted by atomic mass is 9.79. The minimum Gasteiger partial charge on any atom is -0.357 e. The summed E-state index contributed by atoms with van der Waals surface area (Å²) >= 11 is 0. The van der Waals surface area contributed by atoms with Crippen LogP contribution in [0.5, 0.6) is 0 Å². The molecule has 2 aromatic rings. The van der Waals surface area contributed by atoms with Crippen LogP contribution in [0.25, 0.3) is 0 Å². The Balaban J connectivity index is 1.65. The second-order valence-electron chi connectivity index (χ2n) is 9.87. The highest BCUT2D eigenvalue weighted by molar-refractivity contribution is 5.78. The number of anilines is 2. The van der Waals surface area contributed by atoms with Gasteiger partial charge in [0.1, 0.15) is 11.6 Å². The first-order chi connectivity index (χ1) is 15.7. The number of benzene rings is 1. The molecule has 4 rings (SSSR count). The molecule has 0 atom stereocenters. The van der Waals surface area contributed by atoms with Crippen molar-refractivity contribution in [1.29, 1.82) is 0 Å². The quantitative estimate of drug-likeness (QED) is 0.574. The number of fused-ring (bicyclic) bond motifs is 1. The second kappa shape index (κ2) is 9.26. The highest BCUT2D eigenvalue weighted by Crippen LogP contribution is 2.47. The molecular formula is C27H34F2N4. The van der Waals surface area contributed by atoms with Crippen molar-refractivity contribution in [3.8, 4) is 0 Å². The van der Waals surface area contributed by atoms with Crippen LogP contribution in [0, 0.1) is 23.5 Å². The molecular weight excluding hydrogens is 418 g/mol. The number of nitrogens with one attached hydrogen (secondary N) is 1. The number of halogens is 2. The van der Waals surface area contributed by atoms with E-state index < -0.39 is 11.6 Å². The molecule has 176 valence electrons. The molecule has 0 amide bonds. The lowest BCUT2D eigenvalue weighted by Gasteiger charge is -2.52. The number of piperidine rings is 1. The maximum Gasteiger partial charge on any atom is 0.151 e. The lowest BCUT2D eigenvalue weighted by Crippen LogP contribution is -2.56. The van der Waals surface area contributed by atoms with Crippen LogP contribution in [-0.4, -0.2) is 28.5 Å². The molecule has 6 heteroatoms. The first-order valence-corrected chi connectivity index (χ1v) is 11.8. The minimum atomic E-state index is -0.541. The molecule has 1 aromatic carbocycles. The van der Waals surface area contributed by atoms with Crippen LogP contribution in [0.15, 0.2) is 60.6 Å². The number of likely N-dealkylation sites (tertiary alicyclic amines) is 1. The number of rotatable bonds is 5. The Morgan fingerprint density at radius 1 is 1.18 bits per heavy atom. The molecule has 2 aliphatic rings. The Bertz CT molecular complexity index is 1050. The normalized spacial score (nSPS) is 19.3. The summed E-state index contributed by atoms with van der Waals surface area (Å²) in [6.07, 6.45) is 5.86. The van der Waals surface area contributed by atoms with Crippen molar-refractivity contribution in [2.45, 2.75) is 52.6 Å². The van der Waals surface area contributed by atoms with Crippen molar-refractivity contribution in [2.24, 2.45) is 11.8 Å². The van der Waals surface area contributed by atoms with E-state index in [4.69, 9.17) is 0 Å². The zero-order chi connectivity index (χ0) is 23.8. The van der Waals surface area contributed by atoms with Gasteiger partial charge in [0, 0.05) is 48.9 Å². The molecule has 1 spiro atoms. The number of nitrogens with zero attached hydrogens (tertiary/aromatic N) is 3. The summed E-state index contributed by atoms with van der Waals surface area (Å²) < 4.78 is 27.5. The smallest absolute Gasteiger partial charge is 0.151 e. The summed E-state index contributed by atoms with van der Waals surface area (Å²) in [7, 11) is 0. The molecule has 1 fully saturated rings. The molecule has 33 heavy (non-hydrogen) atoms. The molecule has 2 aliphatic heterocycles. The monoisotopic (exact) mass is 452 g/mol. The second-order valence-corrected chi connectivity index (χ2v) is 9.87. The number of aromatic nitrogens is 1. The van der Waals surface area contributed by atoms with E-state index >= 15 is 0 Å². The van der Waals surface area contributed by atoms with Crippen molar-refractivity contribution in [3.05, 3.63) is 77.8 Å². The van der Waals surface area contributed by atoms with Crippen molar-refractivity contribution in [3.63, 3.8) is 0 Å². The van der Waals surface area contributed by atoms with Gasteiger partial charge in [0.15, 0.2) is 5.82 Å². The zero-order valence-corrected chi connectivity index (χ0v) is 20.0. The average molecular weight is 453 g/mol. The first-order valence-electron chi connectivity index (χ1n) is 11.8. The Morgan fingerprint density at radius 3 is 2.55 bits per heavy atom. The Morgan fingerprint density at radius 2 is 1.91 bits per heavy atom. The van der Waals surface area contributed by atoms with Gasteiger partial charge in [-0.25, -0.2) is 13.8 Å². The van der Waals surface area contributed by atoms with E-state index in [-0.39, 0.29) is 11.5 Å². The lowest BCUT2D eigenvalue weighted by molar-refractivity contribution is 0.177. The SMILES string of the molecule is C=C(C(C)C)N1/C(=C\C(C)C)C2(CCN(Cc3ccc(F)cc3F)CC2)Nc2ncccc21. The average Bonchev–Trinajstić information content (AvgIpc) is 2.77. The van der Waals surface area contributed by atoms with Crippen molar-refractivity contribution < 1.29 is 8.78 Å². The fourth-order valence-electron chi connectivity index (χ4n) is 4.79. The van der Waals surface area contributed by atoms with Gasteiger partial charge in [-0.05, 0) is 42.9 Å². The molecule has 0 bridgehead atoms. The molecule has 0 unspecified atom stereocenters. The van der Waals surface area contributed by atoms with Crippen LogP contribution in [0.3, 0.4) is 0 Å². The third-order valence-electron chi connectivity index (χ3n) is 6.68. The van der Waals surface area contributed by atoms with Crippen molar-refractivity contribution in [2.75, 3.05) is 23.3 Å². The standard InChI is InChI=1S/C27H34F2N4/c1-18(2)15-25-27(31-26-24(7-6-12-30-26)33(25)20(5)19(3)4)10-13-32(14-11-27)17-21-8-9-22(28)16-23(21)29/h6-9,12,15-16,18-19H,5,10-11,13-14,17H2,1-4H3,(H,30,31)/b25-15-. The van der Waals surface area contributed by atoms with E-state index in [1.54, 1.807) is 6.07 Å².